The molecule has 3 heteroatoms. The number of rotatable bonds is 3. The van der Waals surface area contributed by atoms with Gasteiger partial charge < -0.3 is 10.5 Å². The van der Waals surface area contributed by atoms with Crippen molar-refractivity contribution in [2.75, 3.05) is 18.9 Å². The third-order valence-corrected chi connectivity index (χ3v) is 3.15. The second kappa shape index (κ2) is 4.03. The van der Waals surface area contributed by atoms with E-state index in [2.05, 4.69) is 12.1 Å². The molecule has 0 saturated heterocycles. The molecule has 0 saturated carbocycles. The van der Waals surface area contributed by atoms with E-state index in [0.29, 0.717) is 13.2 Å². The molecule has 1 aliphatic rings. The number of benzene rings is 1. The Balaban J connectivity index is 2.12. The molecule has 1 heterocycles. The summed E-state index contributed by atoms with van der Waals surface area (Å²) < 4.78 is 5.44. The summed E-state index contributed by atoms with van der Waals surface area (Å²) in [5.41, 5.74) is 6.81. The van der Waals surface area contributed by atoms with Gasteiger partial charge in [0.05, 0.1) is 0 Å². The lowest BCUT2D eigenvalue weighted by atomic mass is 10.2. The molecule has 2 nitrogen and oxygen atoms in total. The van der Waals surface area contributed by atoms with E-state index in [1.54, 1.807) is 0 Å². The summed E-state index contributed by atoms with van der Waals surface area (Å²) in [6.07, 6.45) is 1.19. The molecule has 0 amide bonds. The van der Waals surface area contributed by atoms with Gasteiger partial charge in [0.25, 0.3) is 0 Å². The van der Waals surface area contributed by atoms with Crippen LogP contribution in [0, 0.1) is 0 Å². The Morgan fingerprint density at radius 3 is 3.23 bits per heavy atom. The Hall–Kier alpha value is -0.670. The molecular formula is C10H13NOS. The molecule has 70 valence electrons. The minimum Gasteiger partial charge on any atom is -0.492 e. The molecule has 13 heavy (non-hydrogen) atoms. The van der Waals surface area contributed by atoms with Crippen LogP contribution in [-0.4, -0.2) is 18.9 Å². The molecule has 0 aliphatic carbocycles. The SMILES string of the molecule is NCCOc1ccc2c(c1)SCC2. The molecule has 1 aromatic rings. The van der Waals surface area contributed by atoms with Gasteiger partial charge in [-0.05, 0) is 24.1 Å². The fourth-order valence-electron chi connectivity index (χ4n) is 1.41. The molecular weight excluding hydrogens is 182 g/mol. The van der Waals surface area contributed by atoms with Crippen LogP contribution in [0.4, 0.5) is 0 Å². The van der Waals surface area contributed by atoms with Crippen LogP contribution in [0.3, 0.4) is 0 Å². The third kappa shape index (κ3) is 1.98. The van der Waals surface area contributed by atoms with Crippen molar-refractivity contribution in [1.29, 1.82) is 0 Å². The second-order valence-electron chi connectivity index (χ2n) is 3.01. The van der Waals surface area contributed by atoms with Crippen LogP contribution < -0.4 is 10.5 Å². The molecule has 0 spiro atoms. The van der Waals surface area contributed by atoms with Gasteiger partial charge in [-0.2, -0.15) is 0 Å². The first kappa shape index (κ1) is 8.91. The van der Waals surface area contributed by atoms with E-state index < -0.39 is 0 Å². The Kier molecular flexibility index (Phi) is 2.76. The molecule has 0 radical (unpaired) electrons. The van der Waals surface area contributed by atoms with Crippen molar-refractivity contribution in [3.05, 3.63) is 23.8 Å². The van der Waals surface area contributed by atoms with Gasteiger partial charge >= 0.3 is 0 Å². The molecule has 0 aromatic heterocycles. The van der Waals surface area contributed by atoms with Crippen molar-refractivity contribution in [2.45, 2.75) is 11.3 Å². The van der Waals surface area contributed by atoms with Gasteiger partial charge in [0.15, 0.2) is 0 Å². The summed E-state index contributed by atoms with van der Waals surface area (Å²) in [5.74, 6) is 2.15. The summed E-state index contributed by atoms with van der Waals surface area (Å²) in [5, 5.41) is 0. The number of hydrogen-bond donors (Lipinski definition) is 1. The average molecular weight is 195 g/mol. The van der Waals surface area contributed by atoms with Crippen LogP contribution in [0.1, 0.15) is 5.56 Å². The lowest BCUT2D eigenvalue weighted by molar-refractivity contribution is 0.327. The first-order chi connectivity index (χ1) is 6.40. The van der Waals surface area contributed by atoms with Gasteiger partial charge in [0.1, 0.15) is 12.4 Å². The minimum absolute atomic E-state index is 0.574. The Bertz CT molecular complexity index is 301. The lowest BCUT2D eigenvalue weighted by Gasteiger charge is -2.05. The van der Waals surface area contributed by atoms with E-state index in [0.717, 1.165) is 5.75 Å². The van der Waals surface area contributed by atoms with Crippen LogP contribution in [-0.2, 0) is 6.42 Å². The lowest BCUT2D eigenvalue weighted by Crippen LogP contribution is -2.10. The van der Waals surface area contributed by atoms with Crippen LogP contribution in [0.5, 0.6) is 5.75 Å². The molecule has 2 rings (SSSR count). The van der Waals surface area contributed by atoms with Crippen LogP contribution in [0.25, 0.3) is 0 Å². The standard InChI is InChI=1S/C10H13NOS/c11-4-5-12-9-2-1-8-3-6-13-10(8)7-9/h1-2,7H,3-6,11H2. The first-order valence-corrected chi connectivity index (χ1v) is 5.47. The van der Waals surface area contributed by atoms with E-state index in [1.165, 1.54) is 22.6 Å². The highest BCUT2D eigenvalue weighted by Crippen LogP contribution is 2.33. The topological polar surface area (TPSA) is 35.2 Å². The average Bonchev–Trinajstić information content (AvgIpc) is 2.61. The molecule has 1 aromatic carbocycles. The largest absolute Gasteiger partial charge is 0.492 e. The van der Waals surface area contributed by atoms with E-state index in [4.69, 9.17) is 10.5 Å². The molecule has 0 unspecified atom stereocenters. The zero-order chi connectivity index (χ0) is 9.10. The summed E-state index contributed by atoms with van der Waals surface area (Å²) in [6.45, 7) is 1.17. The Morgan fingerprint density at radius 2 is 2.38 bits per heavy atom. The maximum Gasteiger partial charge on any atom is 0.120 e. The van der Waals surface area contributed by atoms with E-state index in [1.807, 2.05) is 17.8 Å². The zero-order valence-corrected chi connectivity index (χ0v) is 8.27. The predicted octanol–water partition coefficient (Wildman–Crippen LogP) is 1.67. The highest BCUT2D eigenvalue weighted by Gasteiger charge is 2.11. The van der Waals surface area contributed by atoms with Crippen molar-refractivity contribution < 1.29 is 4.74 Å². The number of fused-ring (bicyclic) bond motifs is 1. The van der Waals surface area contributed by atoms with Crippen LogP contribution >= 0.6 is 11.8 Å². The van der Waals surface area contributed by atoms with Crippen LogP contribution in [0.15, 0.2) is 23.1 Å². The summed E-state index contributed by atoms with van der Waals surface area (Å²) in [6, 6.07) is 6.30. The number of nitrogens with two attached hydrogens (primary N) is 1. The smallest absolute Gasteiger partial charge is 0.120 e. The van der Waals surface area contributed by atoms with Crippen molar-refractivity contribution in [2.24, 2.45) is 5.73 Å². The molecule has 0 bridgehead atoms. The van der Waals surface area contributed by atoms with Gasteiger partial charge in [0.2, 0.25) is 0 Å². The number of ether oxygens (including phenoxy) is 1. The third-order valence-electron chi connectivity index (χ3n) is 2.05. The van der Waals surface area contributed by atoms with Gasteiger partial charge in [0, 0.05) is 17.2 Å². The Labute approximate surface area is 82.5 Å². The van der Waals surface area contributed by atoms with Crippen molar-refractivity contribution in [3.63, 3.8) is 0 Å². The number of hydrogen-bond acceptors (Lipinski definition) is 3. The van der Waals surface area contributed by atoms with Gasteiger partial charge in [-0.3, -0.25) is 0 Å². The van der Waals surface area contributed by atoms with E-state index >= 15 is 0 Å². The van der Waals surface area contributed by atoms with E-state index in [-0.39, 0.29) is 0 Å². The first-order valence-electron chi connectivity index (χ1n) is 4.49. The summed E-state index contributed by atoms with van der Waals surface area (Å²) in [7, 11) is 0. The molecule has 0 atom stereocenters. The zero-order valence-electron chi connectivity index (χ0n) is 7.45. The molecule has 1 aliphatic heterocycles. The van der Waals surface area contributed by atoms with E-state index in [9.17, 15) is 0 Å². The summed E-state index contributed by atoms with van der Waals surface area (Å²) in [4.78, 5) is 1.37. The van der Waals surface area contributed by atoms with Gasteiger partial charge in [-0.25, -0.2) is 0 Å². The Morgan fingerprint density at radius 1 is 1.46 bits per heavy atom. The monoisotopic (exact) mass is 195 g/mol. The van der Waals surface area contributed by atoms with Crippen LogP contribution in [0.2, 0.25) is 0 Å². The highest BCUT2D eigenvalue weighted by atomic mass is 32.2. The fraction of sp³-hybridized carbons (Fsp3) is 0.400. The quantitative estimate of drug-likeness (QED) is 0.797. The maximum atomic E-state index is 5.44. The second-order valence-corrected chi connectivity index (χ2v) is 4.14. The number of thioether (sulfide) groups is 1. The van der Waals surface area contributed by atoms with Crippen molar-refractivity contribution >= 4 is 11.8 Å². The predicted molar refractivity (Wildman–Crippen MR) is 55.4 cm³/mol. The minimum atomic E-state index is 0.574. The molecule has 0 fully saturated rings. The normalized spacial score (nSPS) is 14.2. The van der Waals surface area contributed by atoms with Crippen molar-refractivity contribution in [1.82, 2.24) is 0 Å². The molecule has 2 N–H and O–H groups in total. The number of aryl methyl sites for hydroxylation is 1. The highest BCUT2D eigenvalue weighted by molar-refractivity contribution is 7.99. The summed E-state index contributed by atoms with van der Waals surface area (Å²) >= 11 is 1.90. The maximum absolute atomic E-state index is 5.44. The van der Waals surface area contributed by atoms with Gasteiger partial charge in [-0.15, -0.1) is 11.8 Å². The van der Waals surface area contributed by atoms with Crippen molar-refractivity contribution in [3.8, 4) is 5.75 Å². The fourth-order valence-corrected chi connectivity index (χ4v) is 2.51. The van der Waals surface area contributed by atoms with Gasteiger partial charge in [-0.1, -0.05) is 6.07 Å².